The van der Waals surface area contributed by atoms with Crippen LogP contribution < -0.4 is 0 Å². The largest absolute Gasteiger partial charge is 0.305 e. The molecule has 2 aliphatic rings. The summed E-state index contributed by atoms with van der Waals surface area (Å²) in [5.41, 5.74) is 1.03. The molecule has 1 saturated carbocycles. The molecule has 2 fully saturated rings. The maximum atomic E-state index is 13.3. The first-order valence-electron chi connectivity index (χ1n) is 12.5. The number of thioether (sulfide) groups is 1. The van der Waals surface area contributed by atoms with Gasteiger partial charge >= 0.3 is 0 Å². The standard InChI is InChI=1S/C26H35N5OS3/c1-17-15-31(16-23(17)30(2)3)35(32)21-7-8-22-24(12-21)34-26(29-22)11-19-6-5-18(9-19)10-25-27-13-20(33-4)14-28-25/h7-8,12-14,17-19,23H,5-6,9-11,15-16H2,1-4H3/t17-,18-,19-,23+,35?/m0/s1. The molecule has 6 nitrogen and oxygen atoms in total. The Morgan fingerprint density at radius 3 is 2.57 bits per heavy atom. The lowest BCUT2D eigenvalue weighted by atomic mass is 9.99. The van der Waals surface area contributed by atoms with Crippen molar-refractivity contribution < 1.29 is 4.21 Å². The minimum absolute atomic E-state index is 0.453. The summed E-state index contributed by atoms with van der Waals surface area (Å²) in [6.45, 7) is 3.97. The third-order valence-electron chi connectivity index (χ3n) is 7.54. The van der Waals surface area contributed by atoms with Crippen LogP contribution in [0, 0.1) is 17.8 Å². The van der Waals surface area contributed by atoms with Crippen molar-refractivity contribution in [2.24, 2.45) is 17.8 Å². The lowest BCUT2D eigenvalue weighted by molar-refractivity contribution is 0.263. The van der Waals surface area contributed by atoms with Crippen molar-refractivity contribution in [3.63, 3.8) is 0 Å². The molecular weight excluding hydrogens is 495 g/mol. The van der Waals surface area contributed by atoms with Crippen molar-refractivity contribution in [1.82, 2.24) is 24.2 Å². The first-order valence-corrected chi connectivity index (χ1v) is 15.6. The SMILES string of the molecule is CSc1cnc(C[C@H]2CC[C@H](Cc3nc4ccc(S(=O)N5C[C@@H](N(C)C)[C@@H](C)C5)cc4s3)C2)nc1. The molecule has 3 heterocycles. The van der Waals surface area contributed by atoms with Crippen LogP contribution in [0.3, 0.4) is 0 Å². The number of likely N-dealkylation sites (N-methyl/N-ethyl adjacent to an activating group) is 1. The summed E-state index contributed by atoms with van der Waals surface area (Å²) in [5, 5.41) is 1.21. The number of hydrogen-bond donors (Lipinski definition) is 0. The monoisotopic (exact) mass is 529 g/mol. The molecule has 9 heteroatoms. The smallest absolute Gasteiger partial charge is 0.128 e. The van der Waals surface area contributed by atoms with Crippen LogP contribution in [0.1, 0.15) is 37.0 Å². The summed E-state index contributed by atoms with van der Waals surface area (Å²) in [5.74, 6) is 2.83. The Hall–Kier alpha value is -1.39. The number of thiazole rings is 1. The fraction of sp³-hybridized carbons (Fsp3) is 0.577. The molecule has 2 aromatic heterocycles. The summed E-state index contributed by atoms with van der Waals surface area (Å²) in [4.78, 5) is 18.3. The topological polar surface area (TPSA) is 62.2 Å². The van der Waals surface area contributed by atoms with Gasteiger partial charge in [-0.2, -0.15) is 0 Å². The second kappa shape index (κ2) is 10.9. The fourth-order valence-corrected chi connectivity index (χ4v) is 8.49. The van der Waals surface area contributed by atoms with Gasteiger partial charge in [-0.15, -0.1) is 23.1 Å². The minimum Gasteiger partial charge on any atom is -0.305 e. The van der Waals surface area contributed by atoms with Gasteiger partial charge in [-0.1, -0.05) is 6.92 Å². The lowest BCUT2D eigenvalue weighted by Gasteiger charge is -2.22. The molecule has 1 saturated heterocycles. The average molecular weight is 530 g/mol. The van der Waals surface area contributed by atoms with E-state index < -0.39 is 11.0 Å². The summed E-state index contributed by atoms with van der Waals surface area (Å²) in [6, 6.07) is 6.62. The maximum absolute atomic E-state index is 13.3. The number of nitrogens with zero attached hydrogens (tertiary/aromatic N) is 5. The van der Waals surface area contributed by atoms with Gasteiger partial charge in [0.05, 0.1) is 20.1 Å². The third kappa shape index (κ3) is 5.80. The Morgan fingerprint density at radius 2 is 1.89 bits per heavy atom. The zero-order valence-corrected chi connectivity index (χ0v) is 23.5. The Labute approximate surface area is 219 Å². The predicted octanol–water partition coefficient (Wildman–Crippen LogP) is 4.91. The Morgan fingerprint density at radius 1 is 1.14 bits per heavy atom. The van der Waals surface area contributed by atoms with Crippen LogP contribution in [0.15, 0.2) is 40.4 Å². The summed E-state index contributed by atoms with van der Waals surface area (Å²) in [7, 11) is 3.10. The molecule has 35 heavy (non-hydrogen) atoms. The van der Waals surface area contributed by atoms with Crippen molar-refractivity contribution >= 4 is 44.3 Å². The molecule has 5 rings (SSSR count). The number of hydrogen-bond acceptors (Lipinski definition) is 7. The van der Waals surface area contributed by atoms with Gasteiger partial charge in [0.2, 0.25) is 0 Å². The van der Waals surface area contributed by atoms with E-state index in [9.17, 15) is 4.21 Å². The van der Waals surface area contributed by atoms with E-state index in [2.05, 4.69) is 58.6 Å². The van der Waals surface area contributed by atoms with Crippen molar-refractivity contribution in [2.75, 3.05) is 33.4 Å². The highest BCUT2D eigenvalue weighted by Crippen LogP contribution is 2.37. The number of benzene rings is 1. The van der Waals surface area contributed by atoms with Gasteiger partial charge in [-0.05, 0) is 75.6 Å². The Bertz CT molecular complexity index is 1180. The molecule has 1 aliphatic carbocycles. The molecular formula is C26H35N5OS3. The molecule has 0 radical (unpaired) electrons. The highest BCUT2D eigenvalue weighted by molar-refractivity contribution is 7.98. The first-order chi connectivity index (χ1) is 16.9. The number of aromatic nitrogens is 3. The van der Waals surface area contributed by atoms with Crippen molar-refractivity contribution in [3.8, 4) is 0 Å². The van der Waals surface area contributed by atoms with Crippen LogP contribution >= 0.6 is 23.1 Å². The molecule has 0 spiro atoms. The average Bonchev–Trinajstić information content (AvgIpc) is 3.57. The van der Waals surface area contributed by atoms with E-state index in [1.165, 1.54) is 24.3 Å². The predicted molar refractivity (Wildman–Crippen MR) is 146 cm³/mol. The van der Waals surface area contributed by atoms with E-state index >= 15 is 0 Å². The maximum Gasteiger partial charge on any atom is 0.128 e. The fourth-order valence-electron chi connectivity index (χ4n) is 5.62. The molecule has 5 atom stereocenters. The zero-order chi connectivity index (χ0) is 24.5. The van der Waals surface area contributed by atoms with E-state index in [4.69, 9.17) is 4.98 Å². The van der Waals surface area contributed by atoms with Crippen molar-refractivity contribution in [2.45, 2.75) is 54.9 Å². The number of rotatable bonds is 8. The summed E-state index contributed by atoms with van der Waals surface area (Å²) < 4.78 is 16.6. The van der Waals surface area contributed by atoms with Crippen LogP contribution in [0.25, 0.3) is 10.2 Å². The lowest BCUT2D eigenvalue weighted by Crippen LogP contribution is -2.34. The van der Waals surface area contributed by atoms with Crippen LogP contribution in [-0.4, -0.2) is 67.8 Å². The van der Waals surface area contributed by atoms with E-state index in [1.807, 2.05) is 18.5 Å². The van der Waals surface area contributed by atoms with Crippen molar-refractivity contribution in [1.29, 1.82) is 0 Å². The van der Waals surface area contributed by atoms with Gasteiger partial charge in [0, 0.05) is 49.3 Å². The Kier molecular flexibility index (Phi) is 7.89. The molecule has 1 unspecified atom stereocenters. The molecule has 0 bridgehead atoms. The van der Waals surface area contributed by atoms with Crippen LogP contribution in [0.2, 0.25) is 0 Å². The molecule has 0 amide bonds. The highest BCUT2D eigenvalue weighted by atomic mass is 32.2. The normalized spacial score (nSPS) is 26.2. The van der Waals surface area contributed by atoms with E-state index in [0.717, 1.165) is 51.8 Å². The van der Waals surface area contributed by atoms with Gasteiger partial charge in [0.15, 0.2) is 0 Å². The van der Waals surface area contributed by atoms with Crippen molar-refractivity contribution in [3.05, 3.63) is 41.4 Å². The number of fused-ring (bicyclic) bond motifs is 1. The van der Waals surface area contributed by atoms with E-state index in [-0.39, 0.29) is 0 Å². The zero-order valence-electron chi connectivity index (χ0n) is 21.0. The second-order valence-electron chi connectivity index (χ2n) is 10.3. The van der Waals surface area contributed by atoms with E-state index in [0.29, 0.717) is 23.8 Å². The van der Waals surface area contributed by atoms with Gasteiger partial charge in [-0.25, -0.2) is 23.5 Å². The summed E-state index contributed by atoms with van der Waals surface area (Å²) in [6.07, 6.45) is 11.7. The molecule has 3 aromatic rings. The molecule has 1 aromatic carbocycles. The van der Waals surface area contributed by atoms with Crippen LogP contribution in [-0.2, 0) is 23.8 Å². The van der Waals surface area contributed by atoms with Crippen LogP contribution in [0.5, 0.6) is 0 Å². The van der Waals surface area contributed by atoms with Gasteiger partial charge in [0.1, 0.15) is 16.8 Å². The first kappa shape index (κ1) is 25.3. The quantitative estimate of drug-likeness (QED) is 0.386. The summed E-state index contributed by atoms with van der Waals surface area (Å²) >= 11 is 3.46. The second-order valence-corrected chi connectivity index (χ2v) is 13.8. The minimum atomic E-state index is -1.12. The van der Waals surface area contributed by atoms with E-state index in [1.54, 1.807) is 23.1 Å². The Balaban J connectivity index is 1.20. The van der Waals surface area contributed by atoms with Crippen LogP contribution in [0.4, 0.5) is 0 Å². The highest BCUT2D eigenvalue weighted by Gasteiger charge is 2.34. The van der Waals surface area contributed by atoms with Gasteiger partial charge < -0.3 is 4.90 Å². The van der Waals surface area contributed by atoms with Gasteiger partial charge in [-0.3, -0.25) is 0 Å². The van der Waals surface area contributed by atoms with Gasteiger partial charge in [0.25, 0.3) is 0 Å². The third-order valence-corrected chi connectivity index (χ3v) is 10.7. The molecule has 188 valence electrons. The molecule has 0 N–H and O–H groups in total. The molecule has 1 aliphatic heterocycles.